The van der Waals surface area contributed by atoms with Crippen LogP contribution in [0.3, 0.4) is 0 Å². The molecule has 0 radical (unpaired) electrons. The van der Waals surface area contributed by atoms with Crippen LogP contribution in [0.1, 0.15) is 155 Å². The number of allylic oxidation sites excluding steroid dienone is 4. The zero-order chi connectivity index (χ0) is 36.0. The molecule has 286 valence electrons. The van der Waals surface area contributed by atoms with Gasteiger partial charge in [-0.1, -0.05) is 122 Å². The monoisotopic (exact) mass is 698 g/mol. The molecule has 0 saturated carbocycles. The van der Waals surface area contributed by atoms with Gasteiger partial charge in [0.2, 0.25) is 0 Å². The third-order valence-electron chi connectivity index (χ3n) is 8.84. The molecule has 4 N–H and O–H groups in total. The highest BCUT2D eigenvalue weighted by Gasteiger charge is 2.44. The van der Waals surface area contributed by atoms with E-state index in [1.165, 1.54) is 70.6 Å². The van der Waals surface area contributed by atoms with Crippen molar-refractivity contribution in [3.63, 3.8) is 0 Å². The molecule has 0 bridgehead atoms. The second kappa shape index (κ2) is 31.0. The van der Waals surface area contributed by atoms with E-state index in [4.69, 9.17) is 18.9 Å². The first-order chi connectivity index (χ1) is 23.8. The summed E-state index contributed by atoms with van der Waals surface area (Å²) in [7, 11) is 0. The van der Waals surface area contributed by atoms with Gasteiger partial charge in [-0.05, 0) is 44.9 Å². The van der Waals surface area contributed by atoms with Crippen LogP contribution < -0.4 is 0 Å². The van der Waals surface area contributed by atoms with Crippen LogP contribution in [-0.4, -0.2) is 89.0 Å². The van der Waals surface area contributed by atoms with E-state index >= 15 is 0 Å². The molecule has 0 spiro atoms. The summed E-state index contributed by atoms with van der Waals surface area (Å²) in [5.41, 5.74) is 0. The van der Waals surface area contributed by atoms with E-state index < -0.39 is 55.4 Å². The number of hydrogen-bond acceptors (Lipinski definition) is 10. The third kappa shape index (κ3) is 23.3. The van der Waals surface area contributed by atoms with E-state index in [1.54, 1.807) is 0 Å². The molecule has 1 aliphatic heterocycles. The minimum atomic E-state index is -1.59. The number of rotatable bonds is 31. The Kier molecular flexibility index (Phi) is 28.6. The van der Waals surface area contributed by atoms with Crippen molar-refractivity contribution in [3.8, 4) is 0 Å². The fourth-order valence-electron chi connectivity index (χ4n) is 5.69. The molecule has 0 aromatic rings. The van der Waals surface area contributed by atoms with Crippen molar-refractivity contribution >= 4 is 11.9 Å². The number of unbranched alkanes of at least 4 members (excludes halogenated alkanes) is 16. The molecule has 1 aliphatic rings. The molecule has 0 aliphatic carbocycles. The Labute approximate surface area is 296 Å². The third-order valence-corrected chi connectivity index (χ3v) is 8.84. The first-order valence-corrected chi connectivity index (χ1v) is 19.4. The molecule has 10 heteroatoms. The Bertz CT molecular complexity index is 861. The number of carbonyl (C=O) groups excluding carboxylic acids is 2. The van der Waals surface area contributed by atoms with Crippen LogP contribution in [0, 0.1) is 0 Å². The minimum absolute atomic E-state index is 0.225. The standard InChI is InChI=1S/C39H70O10/c1-3-5-7-9-11-13-14-15-16-17-18-20-21-23-25-27-34(41)46-30-32(31-47-39-38(45)37(44)36(43)33(29-40)49-39)48-35(42)28-26-24-22-19-12-10-8-6-4-2/h15-16,18,20,32-33,36-40,43-45H,3-14,17,19,21-31H2,1-2H3/b16-15+,20-18+/t32-,33-,36+,37?,38?,39-/m0/s1. The quantitative estimate of drug-likeness (QED) is 0.0339. The fraction of sp³-hybridized carbons (Fsp3) is 0.846. The van der Waals surface area contributed by atoms with Crippen LogP contribution in [0.5, 0.6) is 0 Å². The second-order valence-corrected chi connectivity index (χ2v) is 13.4. The van der Waals surface area contributed by atoms with Crippen molar-refractivity contribution in [2.75, 3.05) is 19.8 Å². The Balaban J connectivity index is 2.40. The lowest BCUT2D eigenvalue weighted by molar-refractivity contribution is -0.305. The van der Waals surface area contributed by atoms with Gasteiger partial charge in [-0.15, -0.1) is 0 Å². The van der Waals surface area contributed by atoms with Crippen molar-refractivity contribution in [3.05, 3.63) is 24.3 Å². The number of esters is 2. The van der Waals surface area contributed by atoms with Crippen molar-refractivity contribution in [1.82, 2.24) is 0 Å². The smallest absolute Gasteiger partial charge is 0.306 e. The van der Waals surface area contributed by atoms with Crippen LogP contribution in [0.25, 0.3) is 0 Å². The van der Waals surface area contributed by atoms with E-state index in [9.17, 15) is 30.0 Å². The molecule has 2 unspecified atom stereocenters. The summed E-state index contributed by atoms with van der Waals surface area (Å²) in [6, 6.07) is 0. The predicted octanol–water partition coefficient (Wildman–Crippen LogP) is 6.99. The zero-order valence-corrected chi connectivity index (χ0v) is 30.7. The molecule has 1 heterocycles. The largest absolute Gasteiger partial charge is 0.462 e. The summed E-state index contributed by atoms with van der Waals surface area (Å²) in [6.07, 6.45) is 23.4. The number of aliphatic hydroxyl groups excluding tert-OH is 4. The second-order valence-electron chi connectivity index (χ2n) is 13.4. The Morgan fingerprint density at radius 1 is 0.633 bits per heavy atom. The van der Waals surface area contributed by atoms with Gasteiger partial charge < -0.3 is 39.4 Å². The lowest BCUT2D eigenvalue weighted by Gasteiger charge is -2.39. The number of carbonyl (C=O) groups is 2. The Morgan fingerprint density at radius 2 is 1.14 bits per heavy atom. The molecular weight excluding hydrogens is 628 g/mol. The van der Waals surface area contributed by atoms with E-state index in [2.05, 4.69) is 38.2 Å². The van der Waals surface area contributed by atoms with Gasteiger partial charge in [0.05, 0.1) is 13.2 Å². The predicted molar refractivity (Wildman–Crippen MR) is 192 cm³/mol. The maximum Gasteiger partial charge on any atom is 0.306 e. The summed E-state index contributed by atoms with van der Waals surface area (Å²) in [4.78, 5) is 25.1. The Hall–Kier alpha value is -1.82. The van der Waals surface area contributed by atoms with Gasteiger partial charge in [0.15, 0.2) is 12.4 Å². The highest BCUT2D eigenvalue weighted by atomic mass is 16.7. The lowest BCUT2D eigenvalue weighted by Crippen LogP contribution is -2.59. The molecule has 0 amide bonds. The summed E-state index contributed by atoms with van der Waals surface area (Å²) in [5.74, 6) is -0.847. The van der Waals surface area contributed by atoms with Gasteiger partial charge in [-0.25, -0.2) is 0 Å². The van der Waals surface area contributed by atoms with Gasteiger partial charge in [0.1, 0.15) is 31.0 Å². The SMILES string of the molecule is CCCCCCCC/C=C/C/C=C/CCCCC(=O)OC[C@@H](CO[C@H]1O[C@@H](CO)[C@@H](O)C(O)C1O)OC(=O)CCCCCCCCCCC. The number of hydrogen-bond donors (Lipinski definition) is 4. The minimum Gasteiger partial charge on any atom is -0.462 e. The molecule has 10 nitrogen and oxygen atoms in total. The van der Waals surface area contributed by atoms with E-state index in [1.807, 2.05) is 0 Å². The molecule has 0 aromatic heterocycles. The maximum atomic E-state index is 12.6. The average molecular weight is 699 g/mol. The first kappa shape index (κ1) is 45.2. The van der Waals surface area contributed by atoms with Gasteiger partial charge in [-0.3, -0.25) is 9.59 Å². The van der Waals surface area contributed by atoms with Crippen molar-refractivity contribution in [1.29, 1.82) is 0 Å². The van der Waals surface area contributed by atoms with Crippen LogP contribution in [0.15, 0.2) is 24.3 Å². The normalized spacial score (nSPS) is 21.8. The summed E-state index contributed by atoms with van der Waals surface area (Å²) in [5, 5.41) is 39.8. The van der Waals surface area contributed by atoms with Crippen molar-refractivity contribution < 1.29 is 49.0 Å². The van der Waals surface area contributed by atoms with E-state index in [0.29, 0.717) is 12.8 Å². The summed E-state index contributed by atoms with van der Waals surface area (Å²) in [6.45, 7) is 3.34. The molecule has 1 fully saturated rings. The highest BCUT2D eigenvalue weighted by Crippen LogP contribution is 2.22. The van der Waals surface area contributed by atoms with Gasteiger partial charge in [0.25, 0.3) is 0 Å². The molecule has 1 rings (SSSR count). The lowest BCUT2D eigenvalue weighted by atomic mass is 9.99. The Morgan fingerprint density at radius 3 is 1.73 bits per heavy atom. The zero-order valence-electron chi connectivity index (χ0n) is 30.7. The van der Waals surface area contributed by atoms with Crippen LogP contribution in [0.4, 0.5) is 0 Å². The first-order valence-electron chi connectivity index (χ1n) is 19.4. The molecule has 1 saturated heterocycles. The van der Waals surface area contributed by atoms with Gasteiger partial charge in [-0.2, -0.15) is 0 Å². The molecular formula is C39H70O10. The maximum absolute atomic E-state index is 12.6. The highest BCUT2D eigenvalue weighted by molar-refractivity contribution is 5.70. The van der Waals surface area contributed by atoms with Crippen molar-refractivity contribution in [2.45, 2.75) is 192 Å². The van der Waals surface area contributed by atoms with E-state index in [-0.39, 0.29) is 26.1 Å². The van der Waals surface area contributed by atoms with Crippen LogP contribution >= 0.6 is 0 Å². The fourth-order valence-corrected chi connectivity index (χ4v) is 5.69. The topological polar surface area (TPSA) is 152 Å². The number of ether oxygens (including phenoxy) is 4. The van der Waals surface area contributed by atoms with Crippen LogP contribution in [0.2, 0.25) is 0 Å². The van der Waals surface area contributed by atoms with Gasteiger partial charge >= 0.3 is 11.9 Å². The summed E-state index contributed by atoms with van der Waals surface area (Å²) < 4.78 is 22.0. The molecule has 6 atom stereocenters. The average Bonchev–Trinajstić information content (AvgIpc) is 3.10. The van der Waals surface area contributed by atoms with Crippen LogP contribution in [-0.2, 0) is 28.5 Å². The van der Waals surface area contributed by atoms with Crippen molar-refractivity contribution in [2.24, 2.45) is 0 Å². The van der Waals surface area contributed by atoms with Gasteiger partial charge in [0, 0.05) is 12.8 Å². The summed E-state index contributed by atoms with van der Waals surface area (Å²) >= 11 is 0. The van der Waals surface area contributed by atoms with E-state index in [0.717, 1.165) is 44.9 Å². The molecule has 0 aromatic carbocycles. The molecule has 49 heavy (non-hydrogen) atoms. The number of aliphatic hydroxyl groups is 4.